The van der Waals surface area contributed by atoms with Crippen molar-refractivity contribution in [2.75, 3.05) is 63.7 Å². The van der Waals surface area contributed by atoms with E-state index in [1.165, 1.54) is 14.2 Å². The van der Waals surface area contributed by atoms with E-state index in [1.54, 1.807) is 36.5 Å². The number of amides is 1. The number of halogens is 4. The Kier molecular flexibility index (Phi) is 11.4. The lowest BCUT2D eigenvalue weighted by Gasteiger charge is -2.40. The number of fused-ring (bicyclic) bond motifs is 3. The van der Waals surface area contributed by atoms with Crippen molar-refractivity contribution in [3.63, 3.8) is 0 Å². The molecular weight excluding hydrogens is 679 g/mol. The molecule has 1 fully saturated rings. The number of hydrogen-bond acceptors (Lipinski definition) is 10. The van der Waals surface area contributed by atoms with E-state index in [1.807, 2.05) is 4.90 Å². The molecule has 47 heavy (non-hydrogen) atoms. The van der Waals surface area contributed by atoms with Gasteiger partial charge in [0.1, 0.15) is 11.5 Å². The molecule has 3 aromatic rings. The van der Waals surface area contributed by atoms with Gasteiger partial charge in [-0.05, 0) is 23.7 Å². The lowest BCUT2D eigenvalue weighted by Crippen LogP contribution is -2.58. The van der Waals surface area contributed by atoms with Crippen LogP contribution in [0.2, 0.25) is 11.1 Å². The van der Waals surface area contributed by atoms with Crippen molar-refractivity contribution < 1.29 is 41.3 Å². The fraction of sp³-hybridized carbons (Fsp3) is 0.448. The molecule has 18 heteroatoms. The van der Waals surface area contributed by atoms with Gasteiger partial charge in [0.25, 0.3) is 5.56 Å². The van der Waals surface area contributed by atoms with Gasteiger partial charge in [-0.25, -0.2) is 9.67 Å². The molecule has 0 N–H and O–H groups in total. The first kappa shape index (κ1) is 34.7. The smallest absolute Gasteiger partial charge is 0.425 e. The van der Waals surface area contributed by atoms with E-state index in [9.17, 15) is 22.8 Å². The SMILES string of the molecule is COC[Si](COCCC(=O)N1CCN2c3ncc(Cl)cc3OCC[Si]2C1)Oc1cnn(Cc2ccc(OC)cc2)c(=O)c1C(F)(F)F. The number of benzene rings is 1. The monoisotopic (exact) mass is 711 g/mol. The van der Waals surface area contributed by atoms with Crippen molar-refractivity contribution in [1.82, 2.24) is 19.7 Å². The van der Waals surface area contributed by atoms with Crippen LogP contribution >= 0.6 is 11.6 Å². The first-order chi connectivity index (χ1) is 22.6. The molecule has 0 bridgehead atoms. The fourth-order valence-electron chi connectivity index (χ4n) is 5.20. The second-order valence-corrected chi connectivity index (χ2v) is 15.5. The van der Waals surface area contributed by atoms with Gasteiger partial charge in [-0.2, -0.15) is 18.3 Å². The Hall–Kier alpha value is -3.65. The van der Waals surface area contributed by atoms with Crippen LogP contribution in [0.1, 0.15) is 17.5 Å². The number of hydrogen-bond donors (Lipinski definition) is 0. The summed E-state index contributed by atoms with van der Waals surface area (Å²) in [6.07, 6.45) is -1.94. The molecule has 252 valence electrons. The lowest BCUT2D eigenvalue weighted by molar-refractivity contribution is -0.140. The number of ether oxygens (including phenoxy) is 4. The van der Waals surface area contributed by atoms with Gasteiger partial charge < -0.3 is 32.8 Å². The molecule has 2 aliphatic heterocycles. The van der Waals surface area contributed by atoms with Crippen molar-refractivity contribution in [3.05, 3.63) is 69.2 Å². The minimum absolute atomic E-state index is 0.0264. The maximum absolute atomic E-state index is 14.1. The van der Waals surface area contributed by atoms with E-state index in [-0.39, 0.29) is 37.9 Å². The summed E-state index contributed by atoms with van der Waals surface area (Å²) in [5.74, 6) is 1.20. The first-order valence-electron chi connectivity index (χ1n) is 14.6. The fourth-order valence-corrected chi connectivity index (χ4v) is 9.30. The number of anilines is 1. The highest BCUT2D eigenvalue weighted by atomic mass is 35.5. The molecule has 0 saturated carbocycles. The largest absolute Gasteiger partial charge is 0.536 e. The van der Waals surface area contributed by atoms with E-state index >= 15 is 0 Å². The van der Waals surface area contributed by atoms with Crippen LogP contribution in [0.5, 0.6) is 17.2 Å². The van der Waals surface area contributed by atoms with Gasteiger partial charge in [-0.3, -0.25) is 9.59 Å². The zero-order valence-electron chi connectivity index (χ0n) is 25.7. The Bertz CT molecular complexity index is 1600. The van der Waals surface area contributed by atoms with Crippen molar-refractivity contribution in [2.24, 2.45) is 0 Å². The van der Waals surface area contributed by atoms with Gasteiger partial charge in [-0.15, -0.1) is 0 Å². The summed E-state index contributed by atoms with van der Waals surface area (Å²) in [5, 5.41) is 4.44. The highest BCUT2D eigenvalue weighted by Gasteiger charge is 2.40. The summed E-state index contributed by atoms with van der Waals surface area (Å²) in [7, 11) is -0.489. The maximum atomic E-state index is 14.1. The summed E-state index contributed by atoms with van der Waals surface area (Å²) in [5.41, 5.74) is -2.22. The molecule has 12 nitrogen and oxygen atoms in total. The Balaban J connectivity index is 1.16. The van der Waals surface area contributed by atoms with Gasteiger partial charge in [0.2, 0.25) is 5.91 Å². The van der Waals surface area contributed by atoms with Crippen LogP contribution in [0.3, 0.4) is 0 Å². The Labute approximate surface area is 277 Å². The zero-order valence-corrected chi connectivity index (χ0v) is 28.5. The van der Waals surface area contributed by atoms with Crippen molar-refractivity contribution in [2.45, 2.75) is 25.2 Å². The molecule has 2 aliphatic rings. The van der Waals surface area contributed by atoms with Crippen LogP contribution in [-0.4, -0.2) is 103 Å². The molecule has 2 radical (unpaired) electrons. The molecule has 2 aromatic heterocycles. The number of carbonyl (C=O) groups excluding carboxylic acids is 1. The van der Waals surface area contributed by atoms with Gasteiger partial charge in [0.05, 0.1) is 57.0 Å². The Morgan fingerprint density at radius 1 is 1.15 bits per heavy atom. The number of carbonyl (C=O) groups is 1. The summed E-state index contributed by atoms with van der Waals surface area (Å²) in [4.78, 5) is 32.3. The zero-order chi connectivity index (χ0) is 33.6. The lowest BCUT2D eigenvalue weighted by atomic mass is 10.2. The topological polar surface area (TPSA) is 117 Å². The Morgan fingerprint density at radius 2 is 1.94 bits per heavy atom. The van der Waals surface area contributed by atoms with Crippen LogP contribution < -0.4 is 24.0 Å². The first-order valence-corrected chi connectivity index (χ1v) is 18.7. The average Bonchev–Trinajstić information content (AvgIpc) is 3.22. The standard InChI is InChI=1S/C29H33ClF3N5O7Si2/c1-41-18-47(45-24-15-35-37(28(40)26(24)29(31,32)33)16-20-3-5-22(42-2)6-4-20)19-43-10-7-25(39)36-8-9-38-27-23(13-21(30)14-34-27)44-11-12-46(38)17-36/h3-6,13-15H,7-12,16-19H2,1-2H3. The van der Waals surface area contributed by atoms with Crippen LogP contribution in [0.4, 0.5) is 19.0 Å². The quantitative estimate of drug-likeness (QED) is 0.205. The van der Waals surface area contributed by atoms with Crippen molar-refractivity contribution in [3.8, 4) is 17.2 Å². The highest BCUT2D eigenvalue weighted by molar-refractivity contribution is 6.64. The minimum Gasteiger partial charge on any atom is -0.536 e. The molecule has 4 heterocycles. The van der Waals surface area contributed by atoms with Crippen LogP contribution in [0, 0.1) is 0 Å². The molecule has 0 unspecified atom stereocenters. The summed E-state index contributed by atoms with van der Waals surface area (Å²) < 4.78 is 72.8. The highest BCUT2D eigenvalue weighted by Crippen LogP contribution is 2.34. The summed E-state index contributed by atoms with van der Waals surface area (Å²) >= 11 is 6.08. The molecule has 0 atom stereocenters. The Morgan fingerprint density at radius 3 is 2.66 bits per heavy atom. The summed E-state index contributed by atoms with van der Waals surface area (Å²) in [6, 6.07) is 9.10. The number of pyridine rings is 1. The minimum atomic E-state index is -4.99. The molecule has 0 spiro atoms. The van der Waals surface area contributed by atoms with E-state index in [0.717, 1.165) is 22.7 Å². The number of nitrogens with zero attached hydrogens (tertiary/aromatic N) is 5. The summed E-state index contributed by atoms with van der Waals surface area (Å²) in [6.45, 7) is 1.51. The van der Waals surface area contributed by atoms with E-state index < -0.39 is 41.0 Å². The van der Waals surface area contributed by atoms with Crippen LogP contribution in [0.25, 0.3) is 0 Å². The van der Waals surface area contributed by atoms with Crippen LogP contribution in [0.15, 0.2) is 47.5 Å². The normalized spacial score (nSPS) is 15.1. The molecule has 1 amide bonds. The predicted molar refractivity (Wildman–Crippen MR) is 169 cm³/mol. The molecule has 0 aliphatic carbocycles. The van der Waals surface area contributed by atoms with E-state index in [4.69, 9.17) is 35.0 Å². The number of rotatable bonds is 12. The van der Waals surface area contributed by atoms with Gasteiger partial charge >= 0.3 is 15.2 Å². The van der Waals surface area contributed by atoms with Crippen molar-refractivity contribution in [1.29, 1.82) is 0 Å². The predicted octanol–water partition coefficient (Wildman–Crippen LogP) is 3.14. The maximum Gasteiger partial charge on any atom is 0.425 e. The third-order valence-corrected chi connectivity index (χ3v) is 12.1. The number of methoxy groups -OCH3 is 2. The number of aromatic nitrogens is 3. The molecule has 5 rings (SSSR count). The van der Waals surface area contributed by atoms with E-state index in [2.05, 4.69) is 14.6 Å². The van der Waals surface area contributed by atoms with Crippen molar-refractivity contribution >= 4 is 41.3 Å². The van der Waals surface area contributed by atoms with Gasteiger partial charge in [0, 0.05) is 38.6 Å². The molecule has 1 saturated heterocycles. The van der Waals surface area contributed by atoms with Gasteiger partial charge in [-0.1, -0.05) is 23.7 Å². The molecular formula is C29H33ClF3N5O7Si2. The van der Waals surface area contributed by atoms with Crippen LogP contribution in [-0.2, 0) is 27.0 Å². The second kappa shape index (κ2) is 15.5. The number of alkyl halides is 3. The van der Waals surface area contributed by atoms with Gasteiger partial charge in [0.15, 0.2) is 26.1 Å². The van der Waals surface area contributed by atoms with E-state index in [0.29, 0.717) is 47.9 Å². The third-order valence-electron chi connectivity index (χ3n) is 7.47. The molecule has 1 aromatic carbocycles. The average molecular weight is 712 g/mol. The second-order valence-electron chi connectivity index (χ2n) is 10.7. The third kappa shape index (κ3) is 8.64.